The smallest absolute Gasteiger partial charge is 0.0730 e. The summed E-state index contributed by atoms with van der Waals surface area (Å²) in [5.41, 5.74) is 0. The summed E-state index contributed by atoms with van der Waals surface area (Å²) in [6, 6.07) is 0.577. The molecule has 0 spiro atoms. The van der Waals surface area contributed by atoms with E-state index in [0.29, 0.717) is 12.1 Å². The monoisotopic (exact) mass is 283 g/mol. The van der Waals surface area contributed by atoms with Gasteiger partial charge in [0.2, 0.25) is 0 Å². The van der Waals surface area contributed by atoms with Gasteiger partial charge in [-0.3, -0.25) is 0 Å². The minimum Gasteiger partial charge on any atom is -0.377 e. The van der Waals surface area contributed by atoms with Crippen molar-refractivity contribution in [1.82, 2.24) is 5.32 Å². The molecule has 1 N–H and O–H groups in total. The van der Waals surface area contributed by atoms with Crippen LogP contribution in [0.25, 0.3) is 0 Å². The van der Waals surface area contributed by atoms with Gasteiger partial charge in [0.25, 0.3) is 0 Å². The number of ether oxygens (including phenoxy) is 1. The third-order valence-corrected chi connectivity index (χ3v) is 4.96. The molecule has 2 atom stereocenters. The van der Waals surface area contributed by atoms with Gasteiger partial charge in [-0.15, -0.1) is 0 Å². The molecule has 2 nitrogen and oxygen atoms in total. The lowest BCUT2D eigenvalue weighted by Gasteiger charge is -2.38. The molecule has 20 heavy (non-hydrogen) atoms. The molecule has 2 unspecified atom stereocenters. The van der Waals surface area contributed by atoms with Crippen molar-refractivity contribution in [1.29, 1.82) is 0 Å². The van der Waals surface area contributed by atoms with Crippen LogP contribution in [-0.2, 0) is 4.74 Å². The second-order valence-electron chi connectivity index (χ2n) is 6.45. The Hall–Kier alpha value is -0.0800. The Balaban J connectivity index is 2.61. The number of rotatable bonds is 10. The Bertz CT molecular complexity index is 217. The van der Waals surface area contributed by atoms with Crippen LogP contribution in [0.5, 0.6) is 0 Å². The summed E-state index contributed by atoms with van der Waals surface area (Å²) in [7, 11) is 0. The summed E-state index contributed by atoms with van der Waals surface area (Å²) in [6.45, 7) is 11.0. The number of nitrogens with one attached hydrogen (secondary N) is 1. The Kier molecular flexibility index (Phi) is 9.54. The molecule has 0 aromatic rings. The summed E-state index contributed by atoms with van der Waals surface area (Å²) >= 11 is 0. The maximum absolute atomic E-state index is 6.09. The van der Waals surface area contributed by atoms with Crippen molar-refractivity contribution in [3.05, 3.63) is 0 Å². The molecule has 0 heterocycles. The average Bonchev–Trinajstić information content (AvgIpc) is 2.48. The van der Waals surface area contributed by atoms with Crippen LogP contribution in [0.1, 0.15) is 79.1 Å². The molecule has 1 fully saturated rings. The van der Waals surface area contributed by atoms with Gasteiger partial charge in [-0.05, 0) is 51.0 Å². The van der Waals surface area contributed by atoms with Crippen molar-refractivity contribution in [2.45, 2.75) is 91.2 Å². The average molecular weight is 283 g/mol. The first kappa shape index (κ1) is 18.0. The Morgan fingerprint density at radius 2 is 1.70 bits per heavy atom. The molecular formula is C18H37NO. The van der Waals surface area contributed by atoms with E-state index in [1.54, 1.807) is 0 Å². The van der Waals surface area contributed by atoms with Gasteiger partial charge in [0, 0.05) is 12.6 Å². The van der Waals surface area contributed by atoms with Crippen molar-refractivity contribution in [3.8, 4) is 0 Å². The molecule has 0 aliphatic heterocycles. The van der Waals surface area contributed by atoms with Gasteiger partial charge in [-0.25, -0.2) is 0 Å². The Morgan fingerprint density at radius 3 is 2.20 bits per heavy atom. The molecule has 1 rings (SSSR count). The van der Waals surface area contributed by atoms with Crippen LogP contribution in [0.2, 0.25) is 0 Å². The van der Waals surface area contributed by atoms with E-state index in [1.807, 2.05) is 0 Å². The summed E-state index contributed by atoms with van der Waals surface area (Å²) in [5, 5.41) is 3.82. The second kappa shape index (κ2) is 10.6. The van der Waals surface area contributed by atoms with E-state index in [4.69, 9.17) is 4.74 Å². The van der Waals surface area contributed by atoms with Crippen molar-refractivity contribution in [3.63, 3.8) is 0 Å². The first-order valence-corrected chi connectivity index (χ1v) is 9.11. The first-order valence-electron chi connectivity index (χ1n) is 9.11. The van der Waals surface area contributed by atoms with Gasteiger partial charge in [-0.1, -0.05) is 46.5 Å². The maximum atomic E-state index is 6.09. The molecule has 1 aliphatic rings. The lowest BCUT2D eigenvalue weighted by Crippen LogP contribution is -2.48. The number of hydrogen-bond acceptors (Lipinski definition) is 2. The minimum atomic E-state index is 0.416. The fraction of sp³-hybridized carbons (Fsp3) is 1.00. The van der Waals surface area contributed by atoms with E-state index >= 15 is 0 Å². The van der Waals surface area contributed by atoms with Crippen LogP contribution in [0.3, 0.4) is 0 Å². The highest BCUT2D eigenvalue weighted by atomic mass is 16.5. The molecule has 120 valence electrons. The third kappa shape index (κ3) is 5.73. The fourth-order valence-electron chi connectivity index (χ4n) is 3.73. The van der Waals surface area contributed by atoms with Crippen molar-refractivity contribution in [2.24, 2.45) is 11.8 Å². The summed E-state index contributed by atoms with van der Waals surface area (Å²) in [5.74, 6) is 1.81. The van der Waals surface area contributed by atoms with Gasteiger partial charge in [0.05, 0.1) is 6.10 Å². The van der Waals surface area contributed by atoms with E-state index in [0.717, 1.165) is 25.0 Å². The van der Waals surface area contributed by atoms with Crippen LogP contribution in [0.4, 0.5) is 0 Å². The molecular weight excluding hydrogens is 246 g/mol. The molecule has 0 saturated heterocycles. The zero-order valence-electron chi connectivity index (χ0n) is 14.3. The van der Waals surface area contributed by atoms with Crippen LogP contribution in [-0.4, -0.2) is 25.3 Å². The van der Waals surface area contributed by atoms with Crippen molar-refractivity contribution >= 4 is 0 Å². The summed E-state index contributed by atoms with van der Waals surface area (Å²) in [6.07, 6.45) is 11.1. The highest BCUT2D eigenvalue weighted by Crippen LogP contribution is 2.34. The van der Waals surface area contributed by atoms with Gasteiger partial charge in [-0.2, -0.15) is 0 Å². The van der Waals surface area contributed by atoms with Crippen LogP contribution >= 0.6 is 0 Å². The lowest BCUT2D eigenvalue weighted by atomic mass is 9.75. The minimum absolute atomic E-state index is 0.416. The van der Waals surface area contributed by atoms with E-state index in [1.165, 1.54) is 51.4 Å². The van der Waals surface area contributed by atoms with Crippen LogP contribution in [0.15, 0.2) is 0 Å². The zero-order valence-corrected chi connectivity index (χ0v) is 14.3. The van der Waals surface area contributed by atoms with Crippen LogP contribution in [0, 0.1) is 11.8 Å². The van der Waals surface area contributed by atoms with Crippen molar-refractivity contribution in [2.75, 3.05) is 13.2 Å². The predicted octanol–water partition coefficient (Wildman–Crippen LogP) is 4.78. The first-order chi connectivity index (χ1) is 9.76. The molecule has 0 aromatic carbocycles. The third-order valence-electron chi connectivity index (χ3n) is 4.96. The molecule has 0 amide bonds. The highest BCUT2D eigenvalue weighted by molar-refractivity contribution is 4.87. The normalized spacial score (nSPS) is 26.4. The molecule has 0 radical (unpaired) electrons. The topological polar surface area (TPSA) is 21.3 Å². The lowest BCUT2D eigenvalue weighted by molar-refractivity contribution is 0.00335. The Labute approximate surface area is 127 Å². The fourth-order valence-corrected chi connectivity index (χ4v) is 3.73. The van der Waals surface area contributed by atoms with Gasteiger partial charge < -0.3 is 10.1 Å². The largest absolute Gasteiger partial charge is 0.377 e. The second-order valence-corrected chi connectivity index (χ2v) is 6.45. The summed E-state index contributed by atoms with van der Waals surface area (Å²) in [4.78, 5) is 0. The van der Waals surface area contributed by atoms with Crippen LogP contribution < -0.4 is 5.32 Å². The standard InChI is InChI=1S/C18H37NO/c1-5-9-17(20-8-4)18(19-14-6-2)16-12-10-15(7-3)11-13-16/h15-19H,5-14H2,1-4H3. The van der Waals surface area contributed by atoms with E-state index in [-0.39, 0.29) is 0 Å². The maximum Gasteiger partial charge on any atom is 0.0730 e. The number of hydrogen-bond donors (Lipinski definition) is 1. The molecule has 2 heteroatoms. The van der Waals surface area contributed by atoms with Gasteiger partial charge in [0.1, 0.15) is 0 Å². The Morgan fingerprint density at radius 1 is 1.00 bits per heavy atom. The summed E-state index contributed by atoms with van der Waals surface area (Å²) < 4.78 is 6.09. The van der Waals surface area contributed by atoms with Gasteiger partial charge >= 0.3 is 0 Å². The van der Waals surface area contributed by atoms with E-state index in [2.05, 4.69) is 33.0 Å². The van der Waals surface area contributed by atoms with Gasteiger partial charge in [0.15, 0.2) is 0 Å². The molecule has 0 bridgehead atoms. The molecule has 1 aliphatic carbocycles. The van der Waals surface area contributed by atoms with E-state index in [9.17, 15) is 0 Å². The molecule has 0 aromatic heterocycles. The highest BCUT2D eigenvalue weighted by Gasteiger charge is 2.31. The predicted molar refractivity (Wildman–Crippen MR) is 88.1 cm³/mol. The SMILES string of the molecule is CCCNC(C1CCC(CC)CC1)C(CCC)OCC. The van der Waals surface area contributed by atoms with E-state index < -0.39 is 0 Å². The molecule has 1 saturated carbocycles. The zero-order chi connectivity index (χ0) is 14.8. The van der Waals surface area contributed by atoms with Crippen molar-refractivity contribution < 1.29 is 4.74 Å². The quantitative estimate of drug-likeness (QED) is 0.623.